The monoisotopic (exact) mass is 359 g/mol. The van der Waals surface area contributed by atoms with Crippen molar-refractivity contribution in [3.05, 3.63) is 35.5 Å². The first-order valence-electron chi connectivity index (χ1n) is 9.40. The second kappa shape index (κ2) is 7.37. The van der Waals surface area contributed by atoms with Crippen molar-refractivity contribution in [2.75, 3.05) is 33.3 Å². The lowest BCUT2D eigenvalue weighted by Crippen LogP contribution is -2.54. The standard InChI is InChI=1S/C20H26FN3O2/c1-14-19(13-23-9-10-24-8-4-3-5-15(24)12-23)22-20(26-14)17-11-16(25-2)6-7-18(17)21/h6-7,11,15H,3-5,8-10,12-13H2,1-2H3/t15-/m1/s1. The Morgan fingerprint density at radius 2 is 2.15 bits per heavy atom. The highest BCUT2D eigenvalue weighted by Gasteiger charge is 2.29. The van der Waals surface area contributed by atoms with Crippen molar-refractivity contribution < 1.29 is 13.5 Å². The van der Waals surface area contributed by atoms with Gasteiger partial charge in [-0.05, 0) is 44.5 Å². The highest BCUT2D eigenvalue weighted by Crippen LogP contribution is 2.29. The molecule has 0 saturated carbocycles. The zero-order valence-electron chi connectivity index (χ0n) is 15.5. The minimum Gasteiger partial charge on any atom is -0.497 e. The van der Waals surface area contributed by atoms with Crippen LogP contribution in [0.3, 0.4) is 0 Å². The number of hydrogen-bond donors (Lipinski definition) is 0. The van der Waals surface area contributed by atoms with Crippen LogP contribution in [0.1, 0.15) is 30.7 Å². The number of fused-ring (bicyclic) bond motifs is 1. The van der Waals surface area contributed by atoms with Crippen molar-refractivity contribution in [2.45, 2.75) is 38.8 Å². The first-order chi connectivity index (χ1) is 12.6. The molecule has 26 heavy (non-hydrogen) atoms. The first-order valence-corrected chi connectivity index (χ1v) is 9.40. The van der Waals surface area contributed by atoms with Crippen LogP contribution in [0.4, 0.5) is 4.39 Å². The highest BCUT2D eigenvalue weighted by molar-refractivity contribution is 5.57. The second-order valence-electron chi connectivity index (χ2n) is 7.29. The summed E-state index contributed by atoms with van der Waals surface area (Å²) in [5.41, 5.74) is 1.24. The quantitative estimate of drug-likeness (QED) is 0.836. The van der Waals surface area contributed by atoms with Gasteiger partial charge in [0.1, 0.15) is 17.3 Å². The lowest BCUT2D eigenvalue weighted by molar-refractivity contribution is 0.0450. The molecular formula is C20H26FN3O2. The molecule has 5 nitrogen and oxygen atoms in total. The summed E-state index contributed by atoms with van der Waals surface area (Å²) in [5.74, 6) is 1.32. The van der Waals surface area contributed by atoms with Gasteiger partial charge in [0.15, 0.2) is 0 Å². The molecule has 6 heteroatoms. The molecule has 2 fully saturated rings. The fourth-order valence-corrected chi connectivity index (χ4v) is 4.06. The molecular weight excluding hydrogens is 333 g/mol. The average Bonchev–Trinajstić information content (AvgIpc) is 3.02. The van der Waals surface area contributed by atoms with Gasteiger partial charge in [0, 0.05) is 32.2 Å². The molecule has 0 aliphatic carbocycles. The maximum Gasteiger partial charge on any atom is 0.229 e. The number of halogens is 1. The minimum absolute atomic E-state index is 0.324. The van der Waals surface area contributed by atoms with Gasteiger partial charge in [-0.15, -0.1) is 0 Å². The van der Waals surface area contributed by atoms with Gasteiger partial charge >= 0.3 is 0 Å². The van der Waals surface area contributed by atoms with Crippen LogP contribution < -0.4 is 4.74 Å². The number of nitrogens with zero attached hydrogens (tertiary/aromatic N) is 3. The highest BCUT2D eigenvalue weighted by atomic mass is 19.1. The Hall–Kier alpha value is -1.92. The predicted octanol–water partition coefficient (Wildman–Crippen LogP) is 3.47. The molecule has 3 heterocycles. The molecule has 0 radical (unpaired) electrons. The van der Waals surface area contributed by atoms with Crippen LogP contribution in [0.2, 0.25) is 0 Å². The van der Waals surface area contributed by atoms with Crippen LogP contribution in [0, 0.1) is 12.7 Å². The van der Waals surface area contributed by atoms with Crippen molar-refractivity contribution in [3.63, 3.8) is 0 Å². The summed E-state index contributed by atoms with van der Waals surface area (Å²) < 4.78 is 25.2. The molecule has 0 N–H and O–H groups in total. The largest absolute Gasteiger partial charge is 0.497 e. The molecule has 0 amide bonds. The third kappa shape index (κ3) is 3.48. The Bertz CT molecular complexity index is 776. The smallest absolute Gasteiger partial charge is 0.229 e. The van der Waals surface area contributed by atoms with Crippen molar-refractivity contribution >= 4 is 0 Å². The van der Waals surface area contributed by atoms with Gasteiger partial charge in [0.05, 0.1) is 18.4 Å². The molecule has 1 atom stereocenters. The molecule has 1 aromatic carbocycles. The van der Waals surface area contributed by atoms with Gasteiger partial charge in [-0.3, -0.25) is 9.80 Å². The summed E-state index contributed by atoms with van der Waals surface area (Å²) in [6.45, 7) is 7.15. The summed E-state index contributed by atoms with van der Waals surface area (Å²) in [5, 5.41) is 0. The van der Waals surface area contributed by atoms with Crippen molar-refractivity contribution in [1.29, 1.82) is 0 Å². The number of benzene rings is 1. The van der Waals surface area contributed by atoms with Crippen molar-refractivity contribution in [2.24, 2.45) is 0 Å². The number of oxazole rings is 1. The van der Waals surface area contributed by atoms with E-state index in [1.54, 1.807) is 19.2 Å². The van der Waals surface area contributed by atoms with Crippen molar-refractivity contribution in [3.8, 4) is 17.2 Å². The van der Waals surface area contributed by atoms with Gasteiger partial charge in [0.25, 0.3) is 0 Å². The van der Waals surface area contributed by atoms with Crippen LogP contribution in [0.5, 0.6) is 5.75 Å². The van der Waals surface area contributed by atoms with E-state index >= 15 is 0 Å². The second-order valence-corrected chi connectivity index (χ2v) is 7.29. The normalized spacial score (nSPS) is 21.6. The van der Waals surface area contributed by atoms with Crippen LogP contribution >= 0.6 is 0 Å². The Morgan fingerprint density at radius 1 is 1.27 bits per heavy atom. The van der Waals surface area contributed by atoms with Crippen LogP contribution in [-0.2, 0) is 6.54 Å². The zero-order valence-corrected chi connectivity index (χ0v) is 15.5. The summed E-state index contributed by atoms with van der Waals surface area (Å²) in [6.07, 6.45) is 3.94. The topological polar surface area (TPSA) is 41.7 Å². The van der Waals surface area contributed by atoms with E-state index in [1.165, 1.54) is 31.9 Å². The van der Waals surface area contributed by atoms with E-state index in [2.05, 4.69) is 14.8 Å². The Balaban J connectivity index is 1.50. The van der Waals surface area contributed by atoms with Gasteiger partial charge in [-0.1, -0.05) is 6.42 Å². The number of aryl methyl sites for hydroxylation is 1. The molecule has 4 rings (SSSR count). The van der Waals surface area contributed by atoms with Gasteiger partial charge in [0.2, 0.25) is 5.89 Å². The molecule has 0 spiro atoms. The predicted molar refractivity (Wildman–Crippen MR) is 97.7 cm³/mol. The van der Waals surface area contributed by atoms with Crippen LogP contribution in [0.15, 0.2) is 22.6 Å². The maximum atomic E-state index is 14.2. The van der Waals surface area contributed by atoms with Crippen LogP contribution in [-0.4, -0.2) is 54.1 Å². The lowest BCUT2D eigenvalue weighted by Gasteiger charge is -2.43. The SMILES string of the molecule is COc1ccc(F)c(-c2nc(CN3CCN4CCCC[C@@H]4C3)c(C)o2)c1. The zero-order chi connectivity index (χ0) is 18.1. The number of rotatable bonds is 4. The molecule has 0 unspecified atom stereocenters. The Kier molecular flexibility index (Phi) is 4.96. The molecule has 2 aliphatic heterocycles. The number of methoxy groups -OCH3 is 1. The maximum absolute atomic E-state index is 14.2. The van der Waals surface area contributed by atoms with E-state index in [-0.39, 0.29) is 5.82 Å². The van der Waals surface area contributed by atoms with Crippen molar-refractivity contribution in [1.82, 2.24) is 14.8 Å². The van der Waals surface area contributed by atoms with E-state index < -0.39 is 0 Å². The number of piperazine rings is 1. The van der Waals surface area contributed by atoms with E-state index in [0.29, 0.717) is 23.2 Å². The third-order valence-electron chi connectivity index (χ3n) is 5.59. The van der Waals surface area contributed by atoms with Crippen LogP contribution in [0.25, 0.3) is 11.5 Å². The molecule has 2 aromatic rings. The third-order valence-corrected chi connectivity index (χ3v) is 5.59. The van der Waals surface area contributed by atoms with Gasteiger partial charge in [-0.2, -0.15) is 0 Å². The fraction of sp³-hybridized carbons (Fsp3) is 0.550. The molecule has 2 saturated heterocycles. The van der Waals surface area contributed by atoms with E-state index in [4.69, 9.17) is 9.15 Å². The van der Waals surface area contributed by atoms with E-state index in [0.717, 1.165) is 37.6 Å². The van der Waals surface area contributed by atoms with Gasteiger partial charge < -0.3 is 9.15 Å². The first kappa shape index (κ1) is 17.5. The number of aromatic nitrogens is 1. The number of hydrogen-bond acceptors (Lipinski definition) is 5. The lowest BCUT2D eigenvalue weighted by atomic mass is 9.99. The minimum atomic E-state index is -0.352. The summed E-state index contributed by atoms with van der Waals surface area (Å²) in [7, 11) is 1.56. The fourth-order valence-electron chi connectivity index (χ4n) is 4.06. The number of piperidine rings is 1. The van der Waals surface area contributed by atoms with E-state index in [1.807, 2.05) is 6.92 Å². The number of ether oxygens (including phenoxy) is 1. The molecule has 2 aliphatic rings. The van der Waals surface area contributed by atoms with E-state index in [9.17, 15) is 4.39 Å². The Labute approximate surface area is 153 Å². The van der Waals surface area contributed by atoms with Gasteiger partial charge in [-0.25, -0.2) is 9.37 Å². The summed E-state index contributed by atoms with van der Waals surface area (Å²) in [6, 6.07) is 5.28. The molecule has 1 aromatic heterocycles. The Morgan fingerprint density at radius 3 is 3.00 bits per heavy atom. The summed E-state index contributed by atoms with van der Waals surface area (Å²) in [4.78, 5) is 9.66. The molecule has 0 bridgehead atoms. The average molecular weight is 359 g/mol. The summed E-state index contributed by atoms with van der Waals surface area (Å²) >= 11 is 0. The molecule has 140 valence electrons.